The Balaban J connectivity index is 1.57. The van der Waals surface area contributed by atoms with Crippen molar-refractivity contribution in [2.45, 2.75) is 11.8 Å². The Bertz CT molecular complexity index is 965. The van der Waals surface area contributed by atoms with Gasteiger partial charge in [-0.2, -0.15) is 0 Å². The number of non-ortho nitro benzene ring substituents is 1. The largest absolute Gasteiger partial charge is 0.493 e. The summed E-state index contributed by atoms with van der Waals surface area (Å²) in [5, 5.41) is 11.5. The molecule has 3 aromatic rings. The monoisotopic (exact) mass is 357 g/mol. The van der Waals surface area contributed by atoms with Gasteiger partial charge in [-0.1, -0.05) is 0 Å². The molecule has 0 saturated heterocycles. The van der Waals surface area contributed by atoms with E-state index in [1.54, 1.807) is 30.0 Å². The molecule has 0 fully saturated rings. The smallest absolute Gasteiger partial charge is 0.336 e. The fourth-order valence-corrected chi connectivity index (χ4v) is 3.11. The number of hydrogen-bond acceptors (Lipinski definition) is 6. The van der Waals surface area contributed by atoms with Gasteiger partial charge in [-0.05, 0) is 36.8 Å². The Morgan fingerprint density at radius 1 is 1.16 bits per heavy atom. The molecule has 0 aliphatic heterocycles. The van der Waals surface area contributed by atoms with E-state index >= 15 is 0 Å². The van der Waals surface area contributed by atoms with E-state index in [1.807, 2.05) is 19.1 Å². The zero-order valence-corrected chi connectivity index (χ0v) is 14.2. The summed E-state index contributed by atoms with van der Waals surface area (Å²) in [6.45, 7) is 2.32. The third kappa shape index (κ3) is 4.19. The predicted molar refractivity (Wildman–Crippen MR) is 96.5 cm³/mol. The lowest BCUT2D eigenvalue weighted by Gasteiger charge is -2.07. The van der Waals surface area contributed by atoms with Crippen molar-refractivity contribution >= 4 is 28.4 Å². The van der Waals surface area contributed by atoms with E-state index in [1.165, 1.54) is 18.2 Å². The summed E-state index contributed by atoms with van der Waals surface area (Å²) in [4.78, 5) is 22.6. The maximum absolute atomic E-state index is 11.4. The van der Waals surface area contributed by atoms with Crippen LogP contribution >= 0.6 is 11.8 Å². The van der Waals surface area contributed by atoms with E-state index in [4.69, 9.17) is 9.15 Å². The Kier molecular flexibility index (Phi) is 5.04. The normalized spacial score (nSPS) is 10.8. The van der Waals surface area contributed by atoms with Gasteiger partial charge >= 0.3 is 5.63 Å². The van der Waals surface area contributed by atoms with Crippen LogP contribution in [-0.4, -0.2) is 17.3 Å². The first-order valence-corrected chi connectivity index (χ1v) is 8.56. The molecule has 3 rings (SSSR count). The predicted octanol–water partition coefficient (Wildman–Crippen LogP) is 4.18. The van der Waals surface area contributed by atoms with Gasteiger partial charge in [0.05, 0.1) is 11.5 Å². The fraction of sp³-hybridized carbons (Fsp3) is 0.167. The number of nitrogens with zero attached hydrogens (tertiary/aromatic N) is 1. The summed E-state index contributed by atoms with van der Waals surface area (Å²) < 4.78 is 10.9. The molecular weight excluding hydrogens is 342 g/mol. The van der Waals surface area contributed by atoms with Crippen LogP contribution in [0.3, 0.4) is 0 Å². The molecule has 0 spiro atoms. The molecule has 0 aliphatic carbocycles. The van der Waals surface area contributed by atoms with E-state index < -0.39 is 4.92 Å². The Morgan fingerprint density at radius 2 is 1.92 bits per heavy atom. The number of ether oxygens (including phenoxy) is 1. The maximum atomic E-state index is 11.4. The zero-order valence-electron chi connectivity index (χ0n) is 13.4. The van der Waals surface area contributed by atoms with Crippen molar-refractivity contribution in [3.63, 3.8) is 0 Å². The van der Waals surface area contributed by atoms with E-state index in [2.05, 4.69) is 0 Å². The third-order valence-electron chi connectivity index (χ3n) is 3.59. The Morgan fingerprint density at radius 3 is 2.64 bits per heavy atom. The first-order chi connectivity index (χ1) is 12.0. The molecular formula is C18H15NO5S. The second kappa shape index (κ2) is 7.40. The molecule has 0 N–H and O–H groups in total. The van der Waals surface area contributed by atoms with Crippen molar-refractivity contribution in [3.8, 4) is 5.75 Å². The molecule has 0 atom stereocenters. The summed E-state index contributed by atoms with van der Waals surface area (Å²) in [6.07, 6.45) is 0. The SMILES string of the molecule is Cc1cc(=O)oc2cc(OCCSc3ccc([N+](=O)[O-])cc3)ccc12. The van der Waals surface area contributed by atoms with Gasteiger partial charge in [0, 0.05) is 40.3 Å². The lowest BCUT2D eigenvalue weighted by atomic mass is 10.1. The van der Waals surface area contributed by atoms with Crippen LogP contribution in [0.4, 0.5) is 5.69 Å². The standard InChI is InChI=1S/C18H15NO5S/c1-12-10-18(20)24-17-11-14(4-7-16(12)17)23-8-9-25-15-5-2-13(3-6-15)19(21)22/h2-7,10-11H,8-9H2,1H3. The van der Waals surface area contributed by atoms with Gasteiger partial charge in [0.25, 0.3) is 5.69 Å². The third-order valence-corrected chi connectivity index (χ3v) is 4.57. The van der Waals surface area contributed by atoms with E-state index in [0.29, 0.717) is 23.7 Å². The van der Waals surface area contributed by atoms with Crippen LogP contribution in [0.15, 0.2) is 62.6 Å². The van der Waals surface area contributed by atoms with Gasteiger partial charge < -0.3 is 9.15 Å². The molecule has 0 unspecified atom stereocenters. The first-order valence-electron chi connectivity index (χ1n) is 7.57. The molecule has 1 aromatic heterocycles. The molecule has 2 aromatic carbocycles. The van der Waals surface area contributed by atoms with Gasteiger partial charge in [-0.25, -0.2) is 4.79 Å². The van der Waals surface area contributed by atoms with Gasteiger partial charge in [-0.3, -0.25) is 10.1 Å². The quantitative estimate of drug-likeness (QED) is 0.216. The van der Waals surface area contributed by atoms with Crippen molar-refractivity contribution in [3.05, 3.63) is 74.6 Å². The molecule has 0 amide bonds. The minimum atomic E-state index is -0.419. The maximum Gasteiger partial charge on any atom is 0.336 e. The molecule has 25 heavy (non-hydrogen) atoms. The zero-order chi connectivity index (χ0) is 17.8. The van der Waals surface area contributed by atoms with Crippen LogP contribution in [0.5, 0.6) is 5.75 Å². The highest BCUT2D eigenvalue weighted by atomic mass is 32.2. The van der Waals surface area contributed by atoms with E-state index in [-0.39, 0.29) is 11.3 Å². The Hall–Kier alpha value is -2.80. The second-order valence-electron chi connectivity index (χ2n) is 5.35. The number of nitro groups is 1. The summed E-state index contributed by atoms with van der Waals surface area (Å²) >= 11 is 1.55. The van der Waals surface area contributed by atoms with Crippen molar-refractivity contribution in [1.29, 1.82) is 0 Å². The first kappa shape index (κ1) is 17.0. The van der Waals surface area contributed by atoms with Crippen molar-refractivity contribution in [2.75, 3.05) is 12.4 Å². The second-order valence-corrected chi connectivity index (χ2v) is 6.52. The lowest BCUT2D eigenvalue weighted by Crippen LogP contribution is -2.01. The molecule has 1 heterocycles. The van der Waals surface area contributed by atoms with Gasteiger partial charge in [-0.15, -0.1) is 11.8 Å². The van der Waals surface area contributed by atoms with Gasteiger partial charge in [0.1, 0.15) is 11.3 Å². The van der Waals surface area contributed by atoms with Gasteiger partial charge in [0.15, 0.2) is 0 Å². The van der Waals surface area contributed by atoms with Crippen LogP contribution in [0.2, 0.25) is 0 Å². The van der Waals surface area contributed by atoms with Crippen molar-refractivity contribution in [1.82, 2.24) is 0 Å². The average Bonchev–Trinajstić information content (AvgIpc) is 2.58. The van der Waals surface area contributed by atoms with Crippen molar-refractivity contribution in [2.24, 2.45) is 0 Å². The van der Waals surface area contributed by atoms with Crippen LogP contribution in [0.25, 0.3) is 11.0 Å². The van der Waals surface area contributed by atoms with Crippen LogP contribution in [0.1, 0.15) is 5.56 Å². The van der Waals surface area contributed by atoms with E-state index in [9.17, 15) is 14.9 Å². The fourth-order valence-electron chi connectivity index (χ4n) is 2.38. The molecule has 6 nitrogen and oxygen atoms in total. The molecule has 0 aliphatic rings. The number of hydrogen-bond donors (Lipinski definition) is 0. The molecule has 0 saturated carbocycles. The van der Waals surface area contributed by atoms with Crippen LogP contribution in [0, 0.1) is 17.0 Å². The topological polar surface area (TPSA) is 82.6 Å². The molecule has 0 radical (unpaired) electrons. The van der Waals surface area contributed by atoms with Gasteiger partial charge in [0.2, 0.25) is 0 Å². The molecule has 128 valence electrons. The minimum Gasteiger partial charge on any atom is -0.493 e. The lowest BCUT2D eigenvalue weighted by molar-refractivity contribution is -0.384. The molecule has 7 heteroatoms. The average molecular weight is 357 g/mol. The minimum absolute atomic E-state index is 0.0774. The number of nitro benzene ring substituents is 1. The van der Waals surface area contributed by atoms with Crippen LogP contribution in [-0.2, 0) is 0 Å². The summed E-state index contributed by atoms with van der Waals surface area (Å²) in [6, 6.07) is 13.3. The number of rotatable bonds is 6. The van der Waals surface area contributed by atoms with Crippen molar-refractivity contribution < 1.29 is 14.1 Å². The summed E-state index contributed by atoms with van der Waals surface area (Å²) in [5.74, 6) is 1.32. The highest BCUT2D eigenvalue weighted by molar-refractivity contribution is 7.99. The highest BCUT2D eigenvalue weighted by Crippen LogP contribution is 2.24. The highest BCUT2D eigenvalue weighted by Gasteiger charge is 2.06. The van der Waals surface area contributed by atoms with Crippen LogP contribution < -0.4 is 10.4 Å². The van der Waals surface area contributed by atoms with E-state index in [0.717, 1.165) is 15.8 Å². The number of aryl methyl sites for hydroxylation is 1. The number of benzene rings is 2. The number of fused-ring (bicyclic) bond motifs is 1. The molecule has 0 bridgehead atoms. The summed E-state index contributed by atoms with van der Waals surface area (Å²) in [5.41, 5.74) is 1.07. The number of thioether (sulfide) groups is 1. The summed E-state index contributed by atoms with van der Waals surface area (Å²) in [7, 11) is 0. The Labute approximate surface area is 147 Å².